The molecule has 0 spiro atoms. The Bertz CT molecular complexity index is 949. The molecule has 2 aromatic carbocycles. The highest BCUT2D eigenvalue weighted by Gasteiger charge is 2.12. The molecule has 0 fully saturated rings. The molecule has 7 heteroatoms. The first kappa shape index (κ1) is 14.7. The molecule has 0 aliphatic rings. The predicted molar refractivity (Wildman–Crippen MR) is 84.2 cm³/mol. The summed E-state index contributed by atoms with van der Waals surface area (Å²) in [6, 6.07) is 7.34. The van der Waals surface area contributed by atoms with E-state index in [1.807, 2.05) is 0 Å². The van der Waals surface area contributed by atoms with E-state index in [-0.39, 0.29) is 22.9 Å². The van der Waals surface area contributed by atoms with E-state index in [0.717, 1.165) is 0 Å². The molecule has 0 aliphatic heterocycles. The van der Waals surface area contributed by atoms with E-state index in [2.05, 4.69) is 9.97 Å². The van der Waals surface area contributed by atoms with Gasteiger partial charge in [0.1, 0.15) is 5.82 Å². The summed E-state index contributed by atoms with van der Waals surface area (Å²) < 4.78 is 10.4. The summed E-state index contributed by atoms with van der Waals surface area (Å²) in [5, 5.41) is 19.3. The number of hydrogen-bond donors (Lipinski definition) is 3. The van der Waals surface area contributed by atoms with Crippen LogP contribution in [0.3, 0.4) is 0 Å². The smallest absolute Gasteiger partial charge is 0.259 e. The van der Waals surface area contributed by atoms with Crippen LogP contribution in [0.1, 0.15) is 0 Å². The number of aromatic amines is 1. The zero-order valence-electron chi connectivity index (χ0n) is 12.5. The minimum absolute atomic E-state index is 0.247. The van der Waals surface area contributed by atoms with Crippen molar-refractivity contribution < 1.29 is 19.7 Å². The van der Waals surface area contributed by atoms with E-state index in [1.54, 1.807) is 18.2 Å². The summed E-state index contributed by atoms with van der Waals surface area (Å²) in [7, 11) is 2.98. The normalized spacial score (nSPS) is 10.7. The maximum atomic E-state index is 12.3. The summed E-state index contributed by atoms with van der Waals surface area (Å²) in [6.07, 6.45) is 0. The maximum Gasteiger partial charge on any atom is 0.259 e. The van der Waals surface area contributed by atoms with Gasteiger partial charge in [-0.25, -0.2) is 4.98 Å². The van der Waals surface area contributed by atoms with Crippen molar-refractivity contribution in [3.05, 3.63) is 40.7 Å². The highest BCUT2D eigenvalue weighted by Crippen LogP contribution is 2.32. The van der Waals surface area contributed by atoms with Crippen molar-refractivity contribution in [1.29, 1.82) is 0 Å². The van der Waals surface area contributed by atoms with Gasteiger partial charge in [0.05, 0.1) is 25.1 Å². The molecule has 3 aromatic rings. The topological polar surface area (TPSA) is 105 Å². The monoisotopic (exact) mass is 314 g/mol. The minimum atomic E-state index is -0.349. The lowest BCUT2D eigenvalue weighted by atomic mass is 10.1. The Hall–Kier alpha value is -3.22. The van der Waals surface area contributed by atoms with Gasteiger partial charge in [0.25, 0.3) is 5.56 Å². The fraction of sp³-hybridized carbons (Fsp3) is 0.125. The largest absolute Gasteiger partial charge is 0.504 e. The first-order valence-corrected chi connectivity index (χ1v) is 6.72. The molecule has 23 heavy (non-hydrogen) atoms. The Morgan fingerprint density at radius 3 is 2.35 bits per heavy atom. The Morgan fingerprint density at radius 2 is 1.70 bits per heavy atom. The second-order valence-corrected chi connectivity index (χ2v) is 4.84. The number of nitrogens with one attached hydrogen (secondary N) is 1. The van der Waals surface area contributed by atoms with Crippen molar-refractivity contribution in [2.45, 2.75) is 0 Å². The maximum absolute atomic E-state index is 12.3. The van der Waals surface area contributed by atoms with Crippen molar-refractivity contribution in [3.63, 3.8) is 0 Å². The van der Waals surface area contributed by atoms with Gasteiger partial charge >= 0.3 is 0 Å². The summed E-state index contributed by atoms with van der Waals surface area (Å²) in [4.78, 5) is 19.3. The first-order chi connectivity index (χ1) is 11.0. The zero-order chi connectivity index (χ0) is 16.6. The van der Waals surface area contributed by atoms with E-state index in [4.69, 9.17) is 9.47 Å². The SMILES string of the molecule is COc1cc2nc(-c3ccc(O)c(O)c3)[nH]c(=O)c2cc1OC. The fourth-order valence-corrected chi connectivity index (χ4v) is 2.27. The van der Waals surface area contributed by atoms with Crippen LogP contribution in [0, 0.1) is 0 Å². The number of rotatable bonds is 3. The lowest BCUT2D eigenvalue weighted by Gasteiger charge is -2.09. The Morgan fingerprint density at radius 1 is 1.00 bits per heavy atom. The highest BCUT2D eigenvalue weighted by molar-refractivity contribution is 5.83. The summed E-state index contributed by atoms with van der Waals surface area (Å²) in [5.74, 6) is 0.616. The number of hydrogen-bond acceptors (Lipinski definition) is 6. The van der Waals surface area contributed by atoms with Gasteiger partial charge in [-0.05, 0) is 24.3 Å². The molecule has 0 saturated carbocycles. The van der Waals surface area contributed by atoms with Crippen molar-refractivity contribution in [2.75, 3.05) is 14.2 Å². The van der Waals surface area contributed by atoms with Gasteiger partial charge in [0.15, 0.2) is 23.0 Å². The second kappa shape index (κ2) is 5.53. The molecule has 0 saturated heterocycles. The quantitative estimate of drug-likeness (QED) is 0.639. The number of aromatic hydroxyl groups is 2. The molecule has 3 N–H and O–H groups in total. The van der Waals surface area contributed by atoms with Crippen LogP contribution >= 0.6 is 0 Å². The van der Waals surface area contributed by atoms with Crippen molar-refractivity contribution in [3.8, 4) is 34.4 Å². The lowest BCUT2D eigenvalue weighted by molar-refractivity contribution is 0.355. The van der Waals surface area contributed by atoms with E-state index < -0.39 is 0 Å². The van der Waals surface area contributed by atoms with Crippen molar-refractivity contribution in [1.82, 2.24) is 9.97 Å². The molecule has 1 heterocycles. The van der Waals surface area contributed by atoms with E-state index in [1.165, 1.54) is 26.4 Å². The molecule has 3 rings (SSSR count). The third-order valence-corrected chi connectivity index (χ3v) is 3.46. The molecule has 118 valence electrons. The number of H-pyrrole nitrogens is 1. The number of fused-ring (bicyclic) bond motifs is 1. The molecule has 0 bridgehead atoms. The number of aromatic nitrogens is 2. The lowest BCUT2D eigenvalue weighted by Crippen LogP contribution is -2.10. The van der Waals surface area contributed by atoms with Crippen LogP contribution in [0.4, 0.5) is 0 Å². The van der Waals surface area contributed by atoms with Crippen LogP contribution in [0.25, 0.3) is 22.3 Å². The average molecular weight is 314 g/mol. The number of phenols is 2. The van der Waals surface area contributed by atoms with Crippen LogP contribution in [0.15, 0.2) is 35.1 Å². The third kappa shape index (κ3) is 2.52. The average Bonchev–Trinajstić information content (AvgIpc) is 2.56. The van der Waals surface area contributed by atoms with Crippen LogP contribution < -0.4 is 15.0 Å². The zero-order valence-corrected chi connectivity index (χ0v) is 12.5. The van der Waals surface area contributed by atoms with Crippen LogP contribution in [-0.2, 0) is 0 Å². The molecular formula is C16H14N2O5. The molecular weight excluding hydrogens is 300 g/mol. The minimum Gasteiger partial charge on any atom is -0.504 e. The number of methoxy groups -OCH3 is 2. The van der Waals surface area contributed by atoms with Crippen molar-refractivity contribution in [2.24, 2.45) is 0 Å². The Kier molecular flexibility index (Phi) is 3.53. The predicted octanol–water partition coefficient (Wildman–Crippen LogP) is 2.02. The van der Waals surface area contributed by atoms with Gasteiger partial charge in [-0.15, -0.1) is 0 Å². The first-order valence-electron chi connectivity index (χ1n) is 6.72. The van der Waals surface area contributed by atoms with Gasteiger partial charge in [-0.2, -0.15) is 0 Å². The second-order valence-electron chi connectivity index (χ2n) is 4.84. The van der Waals surface area contributed by atoms with Gasteiger partial charge < -0.3 is 24.7 Å². The molecule has 0 amide bonds. The summed E-state index contributed by atoms with van der Waals surface area (Å²) in [6.45, 7) is 0. The molecule has 1 aromatic heterocycles. The van der Waals surface area contributed by atoms with Gasteiger partial charge in [-0.3, -0.25) is 4.79 Å². The fourth-order valence-electron chi connectivity index (χ4n) is 2.27. The number of nitrogens with zero attached hydrogens (tertiary/aromatic N) is 1. The Labute approximate surface area is 130 Å². The number of benzene rings is 2. The number of ether oxygens (including phenoxy) is 2. The van der Waals surface area contributed by atoms with Crippen molar-refractivity contribution >= 4 is 10.9 Å². The van der Waals surface area contributed by atoms with E-state index in [0.29, 0.717) is 28.0 Å². The molecule has 0 unspecified atom stereocenters. The highest BCUT2D eigenvalue weighted by atomic mass is 16.5. The van der Waals surface area contributed by atoms with Gasteiger partial charge in [0, 0.05) is 11.6 Å². The standard InChI is InChI=1S/C16H14N2O5/c1-22-13-6-9-10(7-14(13)23-2)17-15(18-16(9)21)8-3-4-11(19)12(20)5-8/h3-7,19-20H,1-2H3,(H,17,18,21). The summed E-state index contributed by atoms with van der Waals surface area (Å²) >= 11 is 0. The van der Waals surface area contributed by atoms with Crippen LogP contribution in [0.5, 0.6) is 23.0 Å². The van der Waals surface area contributed by atoms with E-state index >= 15 is 0 Å². The van der Waals surface area contributed by atoms with Crippen LogP contribution in [-0.4, -0.2) is 34.4 Å². The number of phenolic OH excluding ortho intramolecular Hbond substituents is 2. The summed E-state index contributed by atoms with van der Waals surface area (Å²) in [5.41, 5.74) is 0.543. The van der Waals surface area contributed by atoms with E-state index in [9.17, 15) is 15.0 Å². The Balaban J connectivity index is 2.24. The van der Waals surface area contributed by atoms with Gasteiger partial charge in [-0.1, -0.05) is 0 Å². The third-order valence-electron chi connectivity index (χ3n) is 3.46. The molecule has 0 aliphatic carbocycles. The van der Waals surface area contributed by atoms with Gasteiger partial charge in [0.2, 0.25) is 0 Å². The molecule has 0 radical (unpaired) electrons. The van der Waals surface area contributed by atoms with Crippen LogP contribution in [0.2, 0.25) is 0 Å². The molecule has 7 nitrogen and oxygen atoms in total. The molecule has 0 atom stereocenters.